The number of carbonyl (C=O) groups is 1. The van der Waals surface area contributed by atoms with E-state index in [2.05, 4.69) is 4.84 Å². The van der Waals surface area contributed by atoms with Crippen molar-refractivity contribution in [3.8, 4) is 11.5 Å². The first-order valence-corrected chi connectivity index (χ1v) is 11.2. The lowest BCUT2D eigenvalue weighted by molar-refractivity contribution is -0.757. The number of benzene rings is 1. The van der Waals surface area contributed by atoms with Crippen molar-refractivity contribution in [2.45, 2.75) is 57.7 Å². The Balaban J connectivity index is 1.85. The molecule has 0 radical (unpaired) electrons. The van der Waals surface area contributed by atoms with E-state index in [1.807, 2.05) is 0 Å². The molecule has 0 aromatic heterocycles. The van der Waals surface area contributed by atoms with Crippen LogP contribution in [0.3, 0.4) is 0 Å². The van der Waals surface area contributed by atoms with Crippen LogP contribution in [0.25, 0.3) is 6.08 Å². The molecule has 184 valence electrons. The van der Waals surface area contributed by atoms with Crippen molar-refractivity contribution >= 4 is 12.0 Å². The third-order valence-corrected chi connectivity index (χ3v) is 5.76. The summed E-state index contributed by atoms with van der Waals surface area (Å²) >= 11 is 0. The van der Waals surface area contributed by atoms with Crippen LogP contribution in [-0.4, -0.2) is 49.3 Å². The second kappa shape index (κ2) is 13.8. The maximum absolute atomic E-state index is 12.6. The van der Waals surface area contributed by atoms with E-state index in [-0.39, 0.29) is 31.0 Å². The van der Waals surface area contributed by atoms with E-state index in [1.54, 1.807) is 24.3 Å². The molecule has 1 fully saturated rings. The van der Waals surface area contributed by atoms with Gasteiger partial charge in [-0.3, -0.25) is 4.79 Å². The van der Waals surface area contributed by atoms with Gasteiger partial charge in [0, 0.05) is 0 Å². The molecule has 0 amide bonds. The quantitative estimate of drug-likeness (QED) is 0.105. The second-order valence-corrected chi connectivity index (χ2v) is 8.21. The zero-order valence-corrected chi connectivity index (χ0v) is 19.1. The largest absolute Gasteiger partial charge is 0.493 e. The lowest BCUT2D eigenvalue weighted by atomic mass is 9.72. The highest BCUT2D eigenvalue weighted by Crippen LogP contribution is 2.39. The average Bonchev–Trinajstić information content (AvgIpc) is 2.80. The van der Waals surface area contributed by atoms with Gasteiger partial charge in [0.05, 0.1) is 26.7 Å². The minimum Gasteiger partial charge on any atom is -0.493 e. The number of esters is 1. The number of hydrogen-bond donors (Lipinski definition) is 2. The fourth-order valence-electron chi connectivity index (χ4n) is 3.89. The first kappa shape index (κ1) is 26.6. The first-order valence-electron chi connectivity index (χ1n) is 11.2. The SMILES string of the molecule is COc1cc(/C=C/C(O)OCCCCO[N+](=O)[O-])ccc1OC(=O)CC1(CN)CCCCC1. The second-order valence-electron chi connectivity index (χ2n) is 8.21. The molecule has 2 rings (SSSR count). The van der Waals surface area contributed by atoms with Crippen LogP contribution in [0.15, 0.2) is 24.3 Å². The molecule has 10 nitrogen and oxygen atoms in total. The summed E-state index contributed by atoms with van der Waals surface area (Å²) in [7, 11) is 1.49. The predicted octanol–water partition coefficient (Wildman–Crippen LogP) is 3.24. The number of carbonyl (C=O) groups excluding carboxylic acids is 1. The number of hydrogen-bond acceptors (Lipinski definition) is 9. The molecular weight excluding hydrogens is 432 g/mol. The van der Waals surface area contributed by atoms with Crippen molar-refractivity contribution in [1.82, 2.24) is 0 Å². The summed E-state index contributed by atoms with van der Waals surface area (Å²) in [6.45, 7) is 0.696. The summed E-state index contributed by atoms with van der Waals surface area (Å²) in [4.78, 5) is 26.8. The lowest BCUT2D eigenvalue weighted by Gasteiger charge is -2.35. The lowest BCUT2D eigenvalue weighted by Crippen LogP contribution is -2.36. The summed E-state index contributed by atoms with van der Waals surface area (Å²) < 4.78 is 16.2. The van der Waals surface area contributed by atoms with Crippen molar-refractivity contribution in [1.29, 1.82) is 0 Å². The number of aliphatic hydroxyl groups excluding tert-OH is 1. The Kier molecular flexibility index (Phi) is 11.1. The Hall–Kier alpha value is -2.69. The Morgan fingerprint density at radius 2 is 1.97 bits per heavy atom. The number of unbranched alkanes of at least 4 members (excludes halogenated alkanes) is 1. The van der Waals surface area contributed by atoms with Gasteiger partial charge in [0.25, 0.3) is 5.09 Å². The minimum absolute atomic E-state index is 0.00772. The van der Waals surface area contributed by atoms with E-state index in [0.29, 0.717) is 30.9 Å². The summed E-state index contributed by atoms with van der Waals surface area (Å²) in [5.41, 5.74) is 6.52. The minimum atomic E-state index is -1.13. The number of methoxy groups -OCH3 is 1. The van der Waals surface area contributed by atoms with Crippen LogP contribution in [-0.2, 0) is 14.4 Å². The van der Waals surface area contributed by atoms with Crippen LogP contribution in [0.1, 0.15) is 56.9 Å². The summed E-state index contributed by atoms with van der Waals surface area (Å²) in [6, 6.07) is 5.08. The monoisotopic (exact) mass is 466 g/mol. The molecule has 0 heterocycles. The standard InChI is InChI=1S/C23H34N2O8/c1-30-20-15-18(8-10-21(26)31-13-5-6-14-32-25(28)29)7-9-19(20)33-22(27)16-23(17-24)11-3-2-4-12-23/h7-10,15,21,26H,2-6,11-14,16-17,24H2,1H3/b10-8+. The van der Waals surface area contributed by atoms with E-state index in [9.17, 15) is 20.0 Å². The normalized spacial score (nSPS) is 16.3. The van der Waals surface area contributed by atoms with Gasteiger partial charge in [-0.25, -0.2) is 0 Å². The van der Waals surface area contributed by atoms with Crippen molar-refractivity contribution in [2.24, 2.45) is 11.1 Å². The Morgan fingerprint density at radius 3 is 2.64 bits per heavy atom. The number of nitrogens with zero attached hydrogens (tertiary/aromatic N) is 1. The van der Waals surface area contributed by atoms with Gasteiger partial charge in [-0.1, -0.05) is 31.4 Å². The molecule has 1 unspecified atom stereocenters. The van der Waals surface area contributed by atoms with Gasteiger partial charge >= 0.3 is 5.97 Å². The van der Waals surface area contributed by atoms with E-state index < -0.39 is 11.4 Å². The Morgan fingerprint density at radius 1 is 1.24 bits per heavy atom. The zero-order valence-electron chi connectivity index (χ0n) is 19.1. The number of ether oxygens (including phenoxy) is 3. The average molecular weight is 467 g/mol. The maximum atomic E-state index is 12.6. The summed E-state index contributed by atoms with van der Waals surface area (Å²) in [5, 5.41) is 19.1. The van der Waals surface area contributed by atoms with Crippen molar-refractivity contribution < 1.29 is 34.0 Å². The van der Waals surface area contributed by atoms with Gasteiger partial charge in [-0.05, 0) is 61.4 Å². The molecule has 1 aromatic rings. The topological polar surface area (TPSA) is 143 Å². The van der Waals surface area contributed by atoms with Crippen molar-refractivity contribution in [2.75, 3.05) is 26.9 Å². The van der Waals surface area contributed by atoms with Crippen LogP contribution in [0.2, 0.25) is 0 Å². The predicted molar refractivity (Wildman–Crippen MR) is 121 cm³/mol. The molecule has 1 aromatic carbocycles. The van der Waals surface area contributed by atoms with E-state index in [1.165, 1.54) is 19.6 Å². The Labute approximate surface area is 193 Å². The molecular formula is C23H34N2O8. The van der Waals surface area contributed by atoms with Crippen molar-refractivity contribution in [3.05, 3.63) is 40.0 Å². The first-order chi connectivity index (χ1) is 15.9. The van der Waals surface area contributed by atoms with Gasteiger partial charge in [0.15, 0.2) is 17.8 Å². The molecule has 0 aliphatic heterocycles. The number of aliphatic hydroxyl groups is 1. The fourth-order valence-corrected chi connectivity index (χ4v) is 3.89. The molecule has 10 heteroatoms. The third-order valence-electron chi connectivity index (χ3n) is 5.76. The molecule has 33 heavy (non-hydrogen) atoms. The molecule has 1 aliphatic rings. The molecule has 0 spiro atoms. The summed E-state index contributed by atoms with van der Waals surface area (Å²) in [6.07, 6.45) is 8.46. The fraction of sp³-hybridized carbons (Fsp3) is 0.609. The highest BCUT2D eigenvalue weighted by molar-refractivity contribution is 5.74. The number of nitrogens with two attached hydrogens (primary N) is 1. The highest BCUT2D eigenvalue weighted by Gasteiger charge is 2.34. The van der Waals surface area contributed by atoms with Crippen LogP contribution in [0.4, 0.5) is 0 Å². The Bertz CT molecular complexity index is 793. The van der Waals surface area contributed by atoms with E-state index in [0.717, 1.165) is 31.2 Å². The molecule has 1 aliphatic carbocycles. The summed E-state index contributed by atoms with van der Waals surface area (Å²) in [5.74, 6) is 0.407. The molecule has 0 bridgehead atoms. The van der Waals surface area contributed by atoms with Crippen LogP contribution < -0.4 is 15.2 Å². The molecule has 1 atom stereocenters. The van der Waals surface area contributed by atoms with Gasteiger partial charge in [0.1, 0.15) is 0 Å². The van der Waals surface area contributed by atoms with Gasteiger partial charge in [0.2, 0.25) is 0 Å². The van der Waals surface area contributed by atoms with E-state index in [4.69, 9.17) is 19.9 Å². The molecule has 1 saturated carbocycles. The van der Waals surface area contributed by atoms with Gasteiger partial charge in [-0.15, -0.1) is 10.1 Å². The highest BCUT2D eigenvalue weighted by atomic mass is 16.9. The van der Waals surface area contributed by atoms with Crippen LogP contribution >= 0.6 is 0 Å². The maximum Gasteiger partial charge on any atom is 0.311 e. The molecule has 0 saturated heterocycles. The van der Waals surface area contributed by atoms with Crippen LogP contribution in [0, 0.1) is 15.5 Å². The van der Waals surface area contributed by atoms with Crippen LogP contribution in [0.5, 0.6) is 11.5 Å². The van der Waals surface area contributed by atoms with E-state index >= 15 is 0 Å². The molecule has 3 N–H and O–H groups in total. The van der Waals surface area contributed by atoms with Gasteiger partial charge < -0.3 is 29.9 Å². The zero-order chi connectivity index (χ0) is 24.1. The third kappa shape index (κ3) is 9.37. The van der Waals surface area contributed by atoms with Crippen molar-refractivity contribution in [3.63, 3.8) is 0 Å². The van der Waals surface area contributed by atoms with Gasteiger partial charge in [-0.2, -0.15) is 0 Å². The smallest absolute Gasteiger partial charge is 0.311 e. The number of rotatable bonds is 14.